The van der Waals surface area contributed by atoms with E-state index in [0.717, 1.165) is 74.9 Å². The number of rotatable bonds is 11. The van der Waals surface area contributed by atoms with E-state index in [-0.39, 0.29) is 21.8 Å². The molecule has 0 aliphatic heterocycles. The Kier molecular flexibility index (Phi) is 12.4. The molecule has 0 spiro atoms. The van der Waals surface area contributed by atoms with Crippen molar-refractivity contribution >= 4 is 43.2 Å². The summed E-state index contributed by atoms with van der Waals surface area (Å²) in [4.78, 5) is 12.0. The maximum absolute atomic E-state index is 12.7. The minimum absolute atomic E-state index is 0.0832. The molecule has 2 unspecified atom stereocenters. The molecule has 0 saturated carbocycles. The molecule has 0 saturated heterocycles. The van der Waals surface area contributed by atoms with Crippen molar-refractivity contribution in [3.63, 3.8) is 0 Å². The highest BCUT2D eigenvalue weighted by Gasteiger charge is 2.28. The summed E-state index contributed by atoms with van der Waals surface area (Å²) in [5.41, 5.74) is 9.52. The van der Waals surface area contributed by atoms with Crippen molar-refractivity contribution in [3.05, 3.63) is 164 Å². The summed E-state index contributed by atoms with van der Waals surface area (Å²) in [6.45, 7) is 0. The Morgan fingerprint density at radius 1 is 0.786 bits per heavy atom. The third-order valence-electron chi connectivity index (χ3n) is 10.6. The van der Waals surface area contributed by atoms with Crippen molar-refractivity contribution in [3.8, 4) is 0 Å². The Hall–Kier alpha value is -4.30. The first-order valence-corrected chi connectivity index (χ1v) is 22.4. The summed E-state index contributed by atoms with van der Waals surface area (Å²) in [7, 11) is -7.34. The zero-order valence-corrected chi connectivity index (χ0v) is 33.8. The largest absolute Gasteiger partial charge is 0.451 e. The number of oxazole rings is 1. The Balaban J connectivity index is 0.000000172. The smallest absolute Gasteiger partial charge is 0.240 e. The van der Waals surface area contributed by atoms with E-state index >= 15 is 0 Å². The maximum Gasteiger partial charge on any atom is 0.240 e. The van der Waals surface area contributed by atoms with Gasteiger partial charge >= 0.3 is 0 Å². The quantitative estimate of drug-likeness (QED) is 0.121. The van der Waals surface area contributed by atoms with Crippen LogP contribution in [-0.2, 0) is 71.4 Å². The van der Waals surface area contributed by atoms with E-state index in [1.807, 2.05) is 12.3 Å². The van der Waals surface area contributed by atoms with E-state index in [9.17, 15) is 16.8 Å². The third kappa shape index (κ3) is 9.79. The van der Waals surface area contributed by atoms with Crippen LogP contribution in [0.3, 0.4) is 0 Å². The lowest BCUT2D eigenvalue weighted by atomic mass is 9.78. The Labute approximate surface area is 338 Å². The first-order chi connectivity index (χ1) is 26.9. The van der Waals surface area contributed by atoms with Gasteiger partial charge in [0.1, 0.15) is 12.1 Å². The monoisotopic (exact) mass is 831 g/mol. The van der Waals surface area contributed by atoms with Crippen molar-refractivity contribution in [1.29, 1.82) is 0 Å². The standard InChI is InChI=1S/C21H22ClN3O2S.C21H21ClN2O3S/c22-17-6-8-20(28(23,26)27)19(13-17)16-4-7-18-14(2-1-3-15(18)12-16)5-9-21-24-10-11-25-21;22-17-5-9-20(10-6-17)28(25,26)24-18-8-11-21-15(2-1-3-16(21)12-18)4-7-19-13-27-14-23-19/h1-3,6,8,10-11,13,16H,4-5,7,9,12H2,(H,24,25)(H2,23,26,27);1-3,5-6,9-10,13-14,18,24H,4,7-8,11-12H2. The van der Waals surface area contributed by atoms with Gasteiger partial charge in [-0.05, 0) is 145 Å². The molecule has 0 radical (unpaired) electrons. The predicted octanol–water partition coefficient (Wildman–Crippen LogP) is 7.72. The number of nitrogens with zero attached hydrogens (tertiary/aromatic N) is 2. The molecular formula is C42H43Cl2N5O5S2. The van der Waals surface area contributed by atoms with Gasteiger partial charge in [-0.25, -0.2) is 36.7 Å². The Bertz CT molecular complexity index is 2490. The number of aromatic amines is 1. The summed E-state index contributed by atoms with van der Waals surface area (Å²) in [5, 5.41) is 6.48. The van der Waals surface area contributed by atoms with Gasteiger partial charge in [0.25, 0.3) is 0 Å². The van der Waals surface area contributed by atoms with Crippen LogP contribution in [-0.4, -0.2) is 37.8 Å². The number of halogens is 2. The highest BCUT2D eigenvalue weighted by molar-refractivity contribution is 7.89. The summed E-state index contributed by atoms with van der Waals surface area (Å²) in [6.07, 6.45) is 15.2. The van der Waals surface area contributed by atoms with Gasteiger partial charge in [-0.1, -0.05) is 59.6 Å². The average molecular weight is 833 g/mol. The van der Waals surface area contributed by atoms with Crippen LogP contribution in [0.25, 0.3) is 0 Å². The first-order valence-electron chi connectivity index (χ1n) is 18.6. The highest BCUT2D eigenvalue weighted by atomic mass is 35.5. The number of hydrogen-bond donors (Lipinski definition) is 3. The van der Waals surface area contributed by atoms with Gasteiger partial charge in [0.15, 0.2) is 6.39 Å². The highest BCUT2D eigenvalue weighted by Crippen LogP contribution is 2.38. The van der Waals surface area contributed by atoms with E-state index in [1.165, 1.54) is 58.0 Å². The lowest BCUT2D eigenvalue weighted by Gasteiger charge is -2.28. The second-order valence-electron chi connectivity index (χ2n) is 14.3. The van der Waals surface area contributed by atoms with E-state index < -0.39 is 20.0 Å². The van der Waals surface area contributed by atoms with Crippen LogP contribution in [0.4, 0.5) is 0 Å². The van der Waals surface area contributed by atoms with Crippen LogP contribution in [0.1, 0.15) is 69.2 Å². The second-order valence-corrected chi connectivity index (χ2v) is 18.4. The number of fused-ring (bicyclic) bond motifs is 2. The zero-order chi connectivity index (χ0) is 39.3. The van der Waals surface area contributed by atoms with Crippen molar-refractivity contribution in [1.82, 2.24) is 19.7 Å². The molecule has 6 aromatic rings. The minimum Gasteiger partial charge on any atom is -0.451 e. The van der Waals surface area contributed by atoms with E-state index in [0.29, 0.717) is 16.5 Å². The molecule has 4 N–H and O–H groups in total. The average Bonchev–Trinajstić information content (AvgIpc) is 3.91. The Morgan fingerprint density at radius 3 is 2.12 bits per heavy atom. The molecule has 0 bridgehead atoms. The SMILES string of the molecule is NS(=O)(=O)c1ccc(Cl)cc1C1CCc2c(CCc3ncc[nH]3)cccc2C1.O=S(=O)(NC1CCc2c(CCc3cocn3)cccc2C1)c1ccc(Cl)cc1. The predicted molar refractivity (Wildman–Crippen MR) is 218 cm³/mol. The van der Waals surface area contributed by atoms with Crippen LogP contribution >= 0.6 is 23.2 Å². The normalized spacial score (nSPS) is 16.7. The molecule has 14 heteroatoms. The molecule has 10 nitrogen and oxygen atoms in total. The van der Waals surface area contributed by atoms with Crippen LogP contribution in [0.2, 0.25) is 10.0 Å². The third-order valence-corrected chi connectivity index (χ3v) is 13.7. The number of benzene rings is 4. The fourth-order valence-corrected chi connectivity index (χ4v) is 10.3. The van der Waals surface area contributed by atoms with Crippen LogP contribution in [0.5, 0.6) is 0 Å². The number of H-pyrrole nitrogens is 1. The molecule has 2 aliphatic rings. The van der Waals surface area contributed by atoms with Crippen molar-refractivity contribution < 1.29 is 21.3 Å². The van der Waals surface area contributed by atoms with Crippen molar-refractivity contribution in [2.45, 2.75) is 86.0 Å². The molecule has 4 aromatic carbocycles. The molecular weight excluding hydrogens is 790 g/mol. The fourth-order valence-electron chi connectivity index (χ4n) is 7.92. The zero-order valence-electron chi connectivity index (χ0n) is 30.6. The van der Waals surface area contributed by atoms with Crippen molar-refractivity contribution in [2.75, 3.05) is 0 Å². The maximum atomic E-state index is 12.7. The number of nitrogens with one attached hydrogen (secondary N) is 2. The molecule has 2 aliphatic carbocycles. The fraction of sp³-hybridized carbons (Fsp3) is 0.286. The van der Waals surface area contributed by atoms with Crippen molar-refractivity contribution in [2.24, 2.45) is 5.14 Å². The molecule has 0 amide bonds. The Morgan fingerprint density at radius 2 is 1.46 bits per heavy atom. The van der Waals surface area contributed by atoms with E-state index in [2.05, 4.69) is 50.0 Å². The van der Waals surface area contributed by atoms with Gasteiger partial charge in [0, 0.05) is 34.9 Å². The molecule has 0 fully saturated rings. The molecule has 292 valence electrons. The number of aryl methyl sites for hydroxylation is 4. The topological polar surface area (TPSA) is 161 Å². The number of nitrogens with two attached hydrogens (primary N) is 1. The van der Waals surface area contributed by atoms with E-state index in [1.54, 1.807) is 36.7 Å². The lowest BCUT2D eigenvalue weighted by molar-refractivity contribution is 0.506. The molecule has 8 rings (SSSR count). The molecule has 56 heavy (non-hydrogen) atoms. The first kappa shape index (κ1) is 39.9. The van der Waals surface area contributed by atoms with E-state index in [4.69, 9.17) is 32.8 Å². The second kappa shape index (κ2) is 17.5. The van der Waals surface area contributed by atoms with Gasteiger partial charge in [0.05, 0.1) is 15.5 Å². The van der Waals surface area contributed by atoms with Gasteiger partial charge in [-0.3, -0.25) is 0 Å². The van der Waals surface area contributed by atoms with Gasteiger partial charge in [0.2, 0.25) is 20.0 Å². The number of primary sulfonamides is 1. The summed E-state index contributed by atoms with van der Waals surface area (Å²) >= 11 is 12.0. The molecule has 2 heterocycles. The van der Waals surface area contributed by atoms with Gasteiger partial charge < -0.3 is 9.40 Å². The van der Waals surface area contributed by atoms with Crippen LogP contribution in [0.15, 0.2) is 118 Å². The van der Waals surface area contributed by atoms with Gasteiger partial charge in [-0.2, -0.15) is 0 Å². The number of aromatic nitrogens is 3. The summed E-state index contributed by atoms with van der Waals surface area (Å²) < 4.78 is 57.3. The summed E-state index contributed by atoms with van der Waals surface area (Å²) in [6, 6.07) is 23.7. The summed E-state index contributed by atoms with van der Waals surface area (Å²) in [5.74, 6) is 1.07. The lowest BCUT2D eigenvalue weighted by Crippen LogP contribution is -2.39. The molecule has 2 aromatic heterocycles. The minimum atomic E-state index is -3.79. The number of sulfonamides is 2. The van der Waals surface area contributed by atoms with Gasteiger partial charge in [-0.15, -0.1) is 0 Å². The number of hydrogen-bond acceptors (Lipinski definition) is 7. The van der Waals surface area contributed by atoms with Crippen LogP contribution < -0.4 is 9.86 Å². The van der Waals surface area contributed by atoms with Crippen LogP contribution in [0, 0.1) is 0 Å². The number of imidazole rings is 1. The molecule has 2 atom stereocenters.